The molecule has 0 amide bonds. The molecule has 2 aliphatic rings. The highest BCUT2D eigenvalue weighted by molar-refractivity contribution is 5.80. The van der Waals surface area contributed by atoms with Crippen LogP contribution in [0.3, 0.4) is 0 Å². The van der Waals surface area contributed by atoms with E-state index in [0.717, 1.165) is 31.0 Å². The Morgan fingerprint density at radius 1 is 1.14 bits per heavy atom. The number of aldehydes is 1. The Morgan fingerprint density at radius 3 is 2.58 bits per heavy atom. The Hall–Kier alpha value is -3.79. The summed E-state index contributed by atoms with van der Waals surface area (Å²) in [5.74, 6) is 0.147. The highest BCUT2D eigenvalue weighted by atomic mass is 19.4. The van der Waals surface area contributed by atoms with E-state index in [1.165, 1.54) is 6.33 Å². The van der Waals surface area contributed by atoms with Crippen molar-refractivity contribution in [3.8, 4) is 11.3 Å². The number of anilines is 2. The maximum atomic E-state index is 14.1. The fourth-order valence-electron chi connectivity index (χ4n) is 4.84. The van der Waals surface area contributed by atoms with Crippen molar-refractivity contribution < 1.29 is 18.0 Å². The normalized spacial score (nSPS) is 18.4. The number of carbonyl (C=O) groups is 1. The van der Waals surface area contributed by atoms with Gasteiger partial charge in [0.05, 0.1) is 11.3 Å². The van der Waals surface area contributed by atoms with Crippen LogP contribution in [0.4, 0.5) is 24.7 Å². The summed E-state index contributed by atoms with van der Waals surface area (Å²) in [6.45, 7) is 1.53. The third-order valence-electron chi connectivity index (χ3n) is 6.71. The minimum absolute atomic E-state index is 0.145. The van der Waals surface area contributed by atoms with Crippen LogP contribution in [0.1, 0.15) is 47.1 Å². The fourth-order valence-corrected chi connectivity index (χ4v) is 4.84. The van der Waals surface area contributed by atoms with Crippen molar-refractivity contribution in [2.24, 2.45) is 0 Å². The lowest BCUT2D eigenvalue weighted by atomic mass is 9.86. The average molecular weight is 495 g/mol. The van der Waals surface area contributed by atoms with Crippen molar-refractivity contribution in [1.29, 1.82) is 0 Å². The van der Waals surface area contributed by atoms with Gasteiger partial charge in [0, 0.05) is 29.2 Å². The van der Waals surface area contributed by atoms with Gasteiger partial charge in [0.15, 0.2) is 0 Å². The van der Waals surface area contributed by atoms with E-state index in [2.05, 4.69) is 30.5 Å². The van der Waals surface area contributed by atoms with E-state index in [0.29, 0.717) is 41.0 Å². The van der Waals surface area contributed by atoms with Crippen molar-refractivity contribution >= 4 is 23.9 Å². The lowest BCUT2D eigenvalue weighted by molar-refractivity contribution is -0.138. The van der Waals surface area contributed by atoms with Gasteiger partial charge < -0.3 is 20.3 Å². The van der Waals surface area contributed by atoms with Gasteiger partial charge in [-0.25, -0.2) is 15.0 Å². The second kappa shape index (κ2) is 9.69. The van der Waals surface area contributed by atoms with Crippen molar-refractivity contribution in [3.05, 3.63) is 71.4 Å². The van der Waals surface area contributed by atoms with Gasteiger partial charge in [-0.05, 0) is 80.5 Å². The molecule has 1 saturated heterocycles. The van der Waals surface area contributed by atoms with Gasteiger partial charge in [-0.15, -0.1) is 0 Å². The number of likely N-dealkylation sites (tertiary alicyclic amines) is 1. The largest absolute Gasteiger partial charge is 0.416 e. The molecule has 7 nitrogen and oxygen atoms in total. The molecular formula is C26H25F3N6O. The number of nitrogens with zero attached hydrogens (tertiary/aromatic N) is 4. The average Bonchev–Trinajstić information content (AvgIpc) is 2.88. The van der Waals surface area contributed by atoms with Crippen LogP contribution in [0, 0.1) is 0 Å². The molecule has 2 N–H and O–H groups in total. The number of fused-ring (bicyclic) bond motifs is 1. The molecule has 4 heterocycles. The molecule has 10 heteroatoms. The lowest BCUT2D eigenvalue weighted by Crippen LogP contribution is -2.30. The molecule has 1 fully saturated rings. The summed E-state index contributed by atoms with van der Waals surface area (Å²) >= 11 is 0. The molecule has 0 spiro atoms. The Morgan fingerprint density at radius 2 is 1.89 bits per heavy atom. The van der Waals surface area contributed by atoms with Crippen LogP contribution in [0.2, 0.25) is 0 Å². The monoisotopic (exact) mass is 494 g/mol. The Balaban J connectivity index is 1.57. The molecule has 0 radical (unpaired) electrons. The number of aromatic nitrogens is 3. The van der Waals surface area contributed by atoms with Crippen LogP contribution in [-0.4, -0.2) is 46.3 Å². The molecule has 0 bridgehead atoms. The molecule has 2 aliphatic heterocycles. The first-order chi connectivity index (χ1) is 17.3. The van der Waals surface area contributed by atoms with Gasteiger partial charge in [-0.3, -0.25) is 0 Å². The van der Waals surface area contributed by atoms with Crippen molar-refractivity contribution in [2.45, 2.75) is 31.0 Å². The van der Waals surface area contributed by atoms with Gasteiger partial charge in [-0.2, -0.15) is 13.2 Å². The minimum Gasteiger partial charge on any atom is -0.378 e. The number of carbonyl (C=O) groups excluding carboxylic acids is 1. The van der Waals surface area contributed by atoms with Gasteiger partial charge in [0.2, 0.25) is 0 Å². The maximum absolute atomic E-state index is 14.1. The number of rotatable bonds is 5. The molecular weight excluding hydrogens is 469 g/mol. The zero-order valence-corrected chi connectivity index (χ0v) is 19.6. The molecule has 0 aliphatic carbocycles. The lowest BCUT2D eigenvalue weighted by Gasteiger charge is -2.31. The van der Waals surface area contributed by atoms with Crippen LogP contribution >= 0.6 is 0 Å². The second-order valence-corrected chi connectivity index (χ2v) is 9.10. The number of piperidine rings is 1. The first-order valence-corrected chi connectivity index (χ1v) is 11.7. The third-order valence-corrected chi connectivity index (χ3v) is 6.71. The smallest absolute Gasteiger partial charge is 0.378 e. The van der Waals surface area contributed by atoms with E-state index in [9.17, 15) is 18.0 Å². The molecule has 1 aromatic carbocycles. The predicted molar refractivity (Wildman–Crippen MR) is 130 cm³/mol. The van der Waals surface area contributed by atoms with Crippen LogP contribution < -0.4 is 10.6 Å². The molecule has 5 rings (SSSR count). The van der Waals surface area contributed by atoms with Gasteiger partial charge >= 0.3 is 6.18 Å². The van der Waals surface area contributed by atoms with Crippen LogP contribution in [-0.2, 0) is 11.0 Å². The van der Waals surface area contributed by atoms with E-state index in [-0.39, 0.29) is 11.6 Å². The first-order valence-electron chi connectivity index (χ1n) is 11.7. The number of benzene rings is 1. The van der Waals surface area contributed by atoms with Crippen LogP contribution in [0.15, 0.2) is 49.2 Å². The highest BCUT2D eigenvalue weighted by Crippen LogP contribution is 2.41. The molecule has 0 saturated carbocycles. The number of hydrogen-bond donors (Lipinski definition) is 2. The first kappa shape index (κ1) is 23.9. The van der Waals surface area contributed by atoms with E-state index < -0.39 is 17.8 Å². The SMILES string of the molecule is CN1CCC(c2ccc(Nc3nc(-c4cncnc4)cc4c3C(C=O)NC=C4)cc2C(F)(F)F)CC1. The Bertz CT molecular complexity index is 1290. The maximum Gasteiger partial charge on any atom is 0.416 e. The molecule has 3 aromatic rings. The summed E-state index contributed by atoms with van der Waals surface area (Å²) in [4.78, 5) is 26.6. The van der Waals surface area contributed by atoms with Gasteiger partial charge in [-0.1, -0.05) is 6.07 Å². The van der Waals surface area contributed by atoms with E-state index >= 15 is 0 Å². The number of halogens is 3. The number of nitrogens with one attached hydrogen (secondary N) is 2. The molecule has 186 valence electrons. The Labute approximate surface area is 206 Å². The topological polar surface area (TPSA) is 83.0 Å². The predicted octanol–water partition coefficient (Wildman–Crippen LogP) is 4.92. The summed E-state index contributed by atoms with van der Waals surface area (Å²) in [5.41, 5.74) is 2.38. The highest BCUT2D eigenvalue weighted by Gasteiger charge is 2.36. The quantitative estimate of drug-likeness (QED) is 0.487. The van der Waals surface area contributed by atoms with Crippen molar-refractivity contribution in [1.82, 2.24) is 25.2 Å². The second-order valence-electron chi connectivity index (χ2n) is 9.10. The van der Waals surface area contributed by atoms with Crippen LogP contribution in [0.25, 0.3) is 17.3 Å². The number of hydrogen-bond acceptors (Lipinski definition) is 7. The van der Waals surface area contributed by atoms with Gasteiger partial charge in [0.25, 0.3) is 0 Å². The summed E-state index contributed by atoms with van der Waals surface area (Å²) in [7, 11) is 1.98. The summed E-state index contributed by atoms with van der Waals surface area (Å²) in [5, 5.41) is 6.03. The molecule has 1 unspecified atom stereocenters. The third kappa shape index (κ3) is 4.81. The fraction of sp³-hybridized carbons (Fsp3) is 0.308. The zero-order chi connectivity index (χ0) is 25.3. The molecule has 36 heavy (non-hydrogen) atoms. The van der Waals surface area contributed by atoms with E-state index in [1.54, 1.807) is 42.9 Å². The van der Waals surface area contributed by atoms with E-state index in [1.807, 2.05) is 7.05 Å². The summed E-state index contributed by atoms with van der Waals surface area (Å²) < 4.78 is 42.4. The summed E-state index contributed by atoms with van der Waals surface area (Å²) in [6.07, 6.45) is 5.67. The standard InChI is InChI=1S/C26H25F3N6O/c1-35-8-5-16(6-9-35)20-3-2-19(11-21(20)26(27,28)29)33-25-24-17(4-7-32-23(24)14-36)10-22(34-25)18-12-30-15-31-13-18/h2-4,7,10-16,23,32H,5-6,8-9H2,1H3,(H,33,34). The minimum atomic E-state index is -4.50. The van der Waals surface area contributed by atoms with Crippen molar-refractivity contribution in [3.63, 3.8) is 0 Å². The number of pyridine rings is 1. The molecule has 2 aromatic heterocycles. The van der Waals surface area contributed by atoms with Crippen LogP contribution in [0.5, 0.6) is 0 Å². The van der Waals surface area contributed by atoms with Crippen molar-refractivity contribution in [2.75, 3.05) is 25.5 Å². The summed E-state index contributed by atoms with van der Waals surface area (Å²) in [6, 6.07) is 5.47. The van der Waals surface area contributed by atoms with E-state index in [4.69, 9.17) is 0 Å². The zero-order valence-electron chi connectivity index (χ0n) is 19.6. The van der Waals surface area contributed by atoms with Gasteiger partial charge in [0.1, 0.15) is 24.5 Å². The Kier molecular flexibility index (Phi) is 6.44. The number of alkyl halides is 3. The molecule has 1 atom stereocenters.